The van der Waals surface area contributed by atoms with Gasteiger partial charge in [0, 0.05) is 44.1 Å². The lowest BCUT2D eigenvalue weighted by Gasteiger charge is -2.38. The fourth-order valence-corrected chi connectivity index (χ4v) is 13.9. The van der Waals surface area contributed by atoms with Gasteiger partial charge in [0.05, 0.1) is 22.9 Å². The van der Waals surface area contributed by atoms with Gasteiger partial charge in [0.15, 0.2) is 0 Å². The molecule has 3 atom stereocenters. The van der Waals surface area contributed by atoms with Crippen molar-refractivity contribution in [2.75, 3.05) is 6.54 Å². The molecule has 700 valence electrons. The molecule has 10 aromatic rings. The van der Waals surface area contributed by atoms with Gasteiger partial charge in [-0.15, -0.1) is 79.0 Å². The summed E-state index contributed by atoms with van der Waals surface area (Å²) in [5.74, 6) is -8.00. The van der Waals surface area contributed by atoms with E-state index in [1.54, 1.807) is 105 Å². The Balaban J connectivity index is 0.000000297. The Morgan fingerprint density at radius 2 is 0.677 bits per heavy atom. The number of urea groups is 3. The van der Waals surface area contributed by atoms with E-state index in [1.807, 2.05) is 0 Å². The molecule has 1 fully saturated rings. The Hall–Kier alpha value is -14.1. The van der Waals surface area contributed by atoms with E-state index in [2.05, 4.69) is 65.0 Å². The molecule has 1 aliphatic heterocycles. The Kier molecular flexibility index (Phi) is 35.9. The maximum atomic E-state index is 13.7. The monoisotopic (exact) mass is 1850 g/mol. The highest BCUT2D eigenvalue weighted by Gasteiger charge is 2.46. The van der Waals surface area contributed by atoms with E-state index in [9.17, 15) is 123 Å². The summed E-state index contributed by atoms with van der Waals surface area (Å²) in [5, 5.41) is 41.8. The molecule has 0 spiro atoms. The summed E-state index contributed by atoms with van der Waals surface area (Å²) in [6.07, 6.45) is -27.8. The maximum absolute atomic E-state index is 13.7. The molecule has 0 aliphatic carbocycles. The molecule has 0 saturated carbocycles. The summed E-state index contributed by atoms with van der Waals surface area (Å²) in [6, 6.07) is 45.8. The van der Waals surface area contributed by atoms with E-state index in [-0.39, 0.29) is 107 Å². The van der Waals surface area contributed by atoms with Crippen molar-refractivity contribution in [3.63, 3.8) is 0 Å². The molecule has 1 saturated heterocycles. The average Bonchev–Trinajstić information content (AvgIpc) is 0.921. The van der Waals surface area contributed by atoms with Crippen LogP contribution in [0.25, 0.3) is 0 Å². The average molecular weight is 1850 g/mol. The summed E-state index contributed by atoms with van der Waals surface area (Å²) in [4.78, 5) is 83.8. The number of aromatic nitrogens is 2. The summed E-state index contributed by atoms with van der Waals surface area (Å²) in [6.45, 7) is 3.57. The molecule has 11 rings (SSSR count). The molecule has 0 bridgehead atoms. The molecule has 2 heterocycles. The predicted molar refractivity (Wildman–Crippen MR) is 436 cm³/mol. The van der Waals surface area contributed by atoms with E-state index in [4.69, 9.17) is 0 Å². The topological polar surface area (TPSA) is 311 Å². The lowest BCUT2D eigenvalue weighted by atomic mass is 9.77. The van der Waals surface area contributed by atoms with Crippen molar-refractivity contribution in [1.29, 1.82) is 0 Å². The summed E-state index contributed by atoms with van der Waals surface area (Å²) < 4.78 is 261. The smallest absolute Gasteiger partial charge is 0.480 e. The van der Waals surface area contributed by atoms with E-state index >= 15 is 0 Å². The minimum Gasteiger partial charge on any atom is -0.480 e. The number of carbonyl (C=O) groups excluding carboxylic acids is 3. The van der Waals surface area contributed by atoms with E-state index in [0.717, 1.165) is 77.7 Å². The molecule has 23 nitrogen and oxygen atoms in total. The van der Waals surface area contributed by atoms with Crippen LogP contribution in [0.5, 0.6) is 34.5 Å². The number of imidazole rings is 1. The van der Waals surface area contributed by atoms with Crippen molar-refractivity contribution >= 4 is 36.0 Å². The van der Waals surface area contributed by atoms with Crippen molar-refractivity contribution in [1.82, 2.24) is 41.5 Å². The van der Waals surface area contributed by atoms with Crippen LogP contribution in [-0.2, 0) is 56.7 Å². The van der Waals surface area contributed by atoms with Crippen LogP contribution < -0.4 is 55.0 Å². The Morgan fingerprint density at radius 1 is 0.400 bits per heavy atom. The number of carbonyl (C=O) groups is 6. The number of carboxylic acid groups (broad SMARTS) is 3. The summed E-state index contributed by atoms with van der Waals surface area (Å²) >= 11 is 0. The number of nitrogens with one attached hydrogen (secondary N) is 6. The Morgan fingerprint density at radius 3 is 0.923 bits per heavy atom. The molecule has 9 aromatic carbocycles. The van der Waals surface area contributed by atoms with Crippen molar-refractivity contribution in [2.45, 2.75) is 154 Å². The van der Waals surface area contributed by atoms with Gasteiger partial charge in [-0.25, -0.2) is 33.8 Å². The second-order valence-corrected chi connectivity index (χ2v) is 28.7. The normalized spacial score (nSPS) is 13.5. The number of hydrogen-bond donors (Lipinski definition) is 9. The van der Waals surface area contributed by atoms with Gasteiger partial charge in [0.1, 0.15) is 52.6 Å². The fraction of sp³-hybridized carbons (Fsp3) is 0.292. The second-order valence-electron chi connectivity index (χ2n) is 28.7. The van der Waals surface area contributed by atoms with Crippen LogP contribution in [-0.4, -0.2) is 129 Å². The molecule has 130 heavy (non-hydrogen) atoms. The number of likely N-dealkylation sites (tertiary alicyclic amines) is 1. The van der Waals surface area contributed by atoms with Gasteiger partial charge in [0.2, 0.25) is 0 Å². The number of H-pyrrole nitrogens is 1. The molecule has 6 amide bonds. The highest BCUT2D eigenvalue weighted by atomic mass is 19.4. The van der Waals surface area contributed by atoms with Crippen LogP contribution in [0.15, 0.2) is 249 Å². The SMILES string of the molecule is C.C.C.CC(C)C[C@H](NC(=O)NC(Cc1ccccc1)(c1cccc(OC(F)(F)F)c1)c1cccc(OC(F)(F)F)c1)C(=O)O.O=C(N[C@@H](Cc1cnc[nH]1)C(=O)O)NC(Cc1ccccc1)(c1cccc(OC(F)(F)F)c1)c1cccc(OC(F)(F)F)c1.O=C(O)[C@@H]1CCCN1C(=O)NC(Cc1ccccc1)(c1cccc(OC(F)(F)F)c1)c1cccc(OC(F)(F)F)c1. The molecule has 1 aromatic heterocycles. The second kappa shape index (κ2) is 44.6. The molecule has 41 heteroatoms. The third kappa shape index (κ3) is 31.5. The Labute approximate surface area is 732 Å². The number of alkyl halides is 18. The van der Waals surface area contributed by atoms with Crippen LogP contribution >= 0.6 is 0 Å². The van der Waals surface area contributed by atoms with E-state index in [1.165, 1.54) is 85.3 Å². The fourth-order valence-electron chi connectivity index (χ4n) is 13.9. The van der Waals surface area contributed by atoms with Gasteiger partial charge in [-0.2, -0.15) is 0 Å². The van der Waals surface area contributed by atoms with Crippen molar-refractivity contribution in [2.24, 2.45) is 5.92 Å². The van der Waals surface area contributed by atoms with Crippen LogP contribution in [0.3, 0.4) is 0 Å². The zero-order chi connectivity index (χ0) is 92.9. The number of carboxylic acids is 3. The number of ether oxygens (including phenoxy) is 6. The third-order valence-corrected chi connectivity index (χ3v) is 19.0. The number of nitrogens with zero attached hydrogens (tertiary/aromatic N) is 2. The van der Waals surface area contributed by atoms with E-state index < -0.39 is 143 Å². The number of hydrogen-bond acceptors (Lipinski definition) is 13. The van der Waals surface area contributed by atoms with Crippen LogP contribution in [0.2, 0.25) is 0 Å². The van der Waals surface area contributed by atoms with Gasteiger partial charge < -0.3 is 80.2 Å². The van der Waals surface area contributed by atoms with Gasteiger partial charge >= 0.3 is 74.2 Å². The summed E-state index contributed by atoms with van der Waals surface area (Å²) in [5.41, 5.74) is -3.52. The first kappa shape index (κ1) is 105. The first-order valence-electron chi connectivity index (χ1n) is 37.8. The Bertz CT molecular complexity index is 5160. The molecular weight excluding hydrogens is 1760 g/mol. The molecular formula is C89H88F18N8O15. The first-order valence-corrected chi connectivity index (χ1v) is 37.8. The third-order valence-electron chi connectivity index (χ3n) is 19.0. The number of aromatic amines is 1. The minimum absolute atomic E-state index is 0. The van der Waals surface area contributed by atoms with Crippen LogP contribution in [0.1, 0.15) is 111 Å². The van der Waals surface area contributed by atoms with E-state index in [0.29, 0.717) is 28.8 Å². The van der Waals surface area contributed by atoms with Gasteiger partial charge in [-0.3, -0.25) is 0 Å². The molecule has 9 N–H and O–H groups in total. The van der Waals surface area contributed by atoms with Crippen molar-refractivity contribution in [3.8, 4) is 34.5 Å². The number of rotatable bonds is 30. The minimum atomic E-state index is -5.08. The van der Waals surface area contributed by atoms with Crippen molar-refractivity contribution in [3.05, 3.63) is 305 Å². The highest BCUT2D eigenvalue weighted by Crippen LogP contribution is 2.44. The number of halogens is 18. The standard InChI is InChI=1S/C29H24F6N4O5.C29H28F6N2O5.C28H24F6N2O5.3CH4/c30-28(31,32)43-22-10-4-8-19(12-22)27(15-18-6-2-1-3-7-18,20-9-5-11-23(13-20)44-29(33,34)35)39-26(42)38-24(25(40)41)14-21-16-36-17-37-21;1-18(2)14-24(25(38)39)36-26(40)37-27(17-19-8-4-3-5-9-19,20-10-6-12-22(15-20)41-28(30,31)32)21-11-7-13-23(16-21)42-29(33,34)35;29-27(30,31)40-21-11-4-9-19(15-21)26(17-18-7-2-1-3-8-18,20-10-5-12-22(16-20)41-28(32,33)34)35-25(39)36-14-6-13-23(36)24(37)38;;;/h1-13,16-17,24H,14-15H2,(H,36,37)(H,40,41)(H2,38,39,42);3-13,15-16,18,24H,14,17H2,1-2H3,(H,38,39)(H2,36,37,40);1-5,7-12,15-16,23H,6,13-14,17H2,(H,35,39)(H,37,38);3*1H4/t2*24-;23-;;;/m000.../s1. The van der Waals surface area contributed by atoms with Gasteiger partial charge in [-0.05, 0) is 148 Å². The van der Waals surface area contributed by atoms with Gasteiger partial charge in [0.25, 0.3) is 0 Å². The zero-order valence-corrected chi connectivity index (χ0v) is 66.1. The number of amides is 6. The van der Waals surface area contributed by atoms with Crippen molar-refractivity contribution < 1.29 is 152 Å². The predicted octanol–water partition coefficient (Wildman–Crippen LogP) is 20.6. The largest absolute Gasteiger partial charge is 0.573 e. The molecule has 1 aliphatic rings. The molecule has 0 radical (unpaired) electrons. The first-order chi connectivity index (χ1) is 59.5. The van der Waals surface area contributed by atoms with Gasteiger partial charge in [-0.1, -0.05) is 200 Å². The quantitative estimate of drug-likeness (QED) is 0.0189. The zero-order valence-electron chi connectivity index (χ0n) is 66.1. The maximum Gasteiger partial charge on any atom is 0.573 e. The molecule has 0 unspecified atom stereocenters. The summed E-state index contributed by atoms with van der Waals surface area (Å²) in [7, 11) is 0. The highest BCUT2D eigenvalue weighted by molar-refractivity contribution is 5.86. The number of aliphatic carboxylic acids is 3. The van der Waals surface area contributed by atoms with Crippen LogP contribution in [0.4, 0.5) is 93.4 Å². The lowest BCUT2D eigenvalue weighted by molar-refractivity contribution is -0.275. The van der Waals surface area contributed by atoms with Crippen LogP contribution in [0, 0.1) is 5.92 Å². The number of benzene rings is 9. The lowest BCUT2D eigenvalue weighted by Crippen LogP contribution is -2.55.